The highest BCUT2D eigenvalue weighted by atomic mass is 35.5. The maximum atomic E-state index is 12.5. The SMILES string of the molecule is CC(C)(C)c1ccc(C(=O)Nc2nonc2-c2ccc(Cl)cc2)cc1. The van der Waals surface area contributed by atoms with Crippen LogP contribution in [0, 0.1) is 0 Å². The van der Waals surface area contributed by atoms with Gasteiger partial charge in [0.25, 0.3) is 5.91 Å². The van der Waals surface area contributed by atoms with E-state index in [0.29, 0.717) is 16.3 Å². The molecule has 1 heterocycles. The Balaban J connectivity index is 1.80. The number of carbonyl (C=O) groups is 1. The maximum absolute atomic E-state index is 12.5. The third kappa shape index (κ3) is 3.88. The summed E-state index contributed by atoms with van der Waals surface area (Å²) in [6.07, 6.45) is 0. The van der Waals surface area contributed by atoms with Crippen molar-refractivity contribution in [2.45, 2.75) is 26.2 Å². The van der Waals surface area contributed by atoms with E-state index in [1.165, 1.54) is 0 Å². The van der Waals surface area contributed by atoms with Crippen molar-refractivity contribution in [3.05, 3.63) is 64.7 Å². The van der Waals surface area contributed by atoms with Gasteiger partial charge in [0.2, 0.25) is 5.82 Å². The lowest BCUT2D eigenvalue weighted by Crippen LogP contribution is -2.15. The fraction of sp³-hybridized carbons (Fsp3) is 0.211. The monoisotopic (exact) mass is 355 g/mol. The molecular formula is C19H18ClN3O2. The summed E-state index contributed by atoms with van der Waals surface area (Å²) in [6.45, 7) is 6.38. The van der Waals surface area contributed by atoms with Gasteiger partial charge in [-0.25, -0.2) is 4.63 Å². The van der Waals surface area contributed by atoms with E-state index in [9.17, 15) is 4.79 Å². The minimum absolute atomic E-state index is 0.0345. The van der Waals surface area contributed by atoms with Gasteiger partial charge in [-0.05, 0) is 45.6 Å². The second-order valence-corrected chi connectivity index (χ2v) is 7.19. The Labute approximate surface area is 151 Å². The van der Waals surface area contributed by atoms with Gasteiger partial charge in [0.1, 0.15) is 0 Å². The summed E-state index contributed by atoms with van der Waals surface area (Å²) in [5, 5.41) is 11.0. The van der Waals surface area contributed by atoms with Crippen LogP contribution in [0.5, 0.6) is 0 Å². The van der Waals surface area contributed by atoms with E-state index >= 15 is 0 Å². The first kappa shape index (κ1) is 17.2. The number of hydrogen-bond acceptors (Lipinski definition) is 4. The van der Waals surface area contributed by atoms with Crippen LogP contribution in [0.3, 0.4) is 0 Å². The predicted octanol–water partition coefficient (Wildman–Crippen LogP) is 4.94. The summed E-state index contributed by atoms with van der Waals surface area (Å²) in [5.41, 5.74) is 2.94. The molecule has 0 fully saturated rings. The van der Waals surface area contributed by atoms with Crippen molar-refractivity contribution in [2.75, 3.05) is 5.32 Å². The highest BCUT2D eigenvalue weighted by Crippen LogP contribution is 2.26. The van der Waals surface area contributed by atoms with Crippen molar-refractivity contribution >= 4 is 23.3 Å². The molecule has 2 aromatic carbocycles. The van der Waals surface area contributed by atoms with Gasteiger partial charge in [-0.3, -0.25) is 4.79 Å². The Kier molecular flexibility index (Phi) is 4.59. The maximum Gasteiger partial charge on any atom is 0.256 e. The van der Waals surface area contributed by atoms with E-state index in [-0.39, 0.29) is 17.1 Å². The first-order valence-corrected chi connectivity index (χ1v) is 8.23. The Bertz CT molecular complexity index is 878. The van der Waals surface area contributed by atoms with E-state index in [2.05, 4.69) is 36.4 Å². The zero-order valence-corrected chi connectivity index (χ0v) is 15.0. The van der Waals surface area contributed by atoms with Gasteiger partial charge in [-0.15, -0.1) is 0 Å². The first-order chi connectivity index (χ1) is 11.8. The predicted molar refractivity (Wildman–Crippen MR) is 97.8 cm³/mol. The molecule has 128 valence electrons. The molecule has 25 heavy (non-hydrogen) atoms. The molecule has 0 unspecified atom stereocenters. The standard InChI is InChI=1S/C19H18ClN3O2/c1-19(2,3)14-8-4-13(5-9-14)18(24)21-17-16(22-25-23-17)12-6-10-15(20)11-7-12/h4-11H,1-3H3,(H,21,23,24). The molecule has 5 nitrogen and oxygen atoms in total. The quantitative estimate of drug-likeness (QED) is 0.722. The first-order valence-electron chi connectivity index (χ1n) is 7.85. The molecule has 0 aliphatic carbocycles. The molecule has 0 spiro atoms. The molecular weight excluding hydrogens is 338 g/mol. The van der Waals surface area contributed by atoms with E-state index in [4.69, 9.17) is 16.2 Å². The number of anilines is 1. The average Bonchev–Trinajstić information content (AvgIpc) is 3.03. The molecule has 0 radical (unpaired) electrons. The van der Waals surface area contributed by atoms with Gasteiger partial charge in [0.05, 0.1) is 0 Å². The number of carbonyl (C=O) groups excluding carboxylic acids is 1. The molecule has 3 rings (SSSR count). The van der Waals surface area contributed by atoms with Gasteiger partial charge < -0.3 is 5.32 Å². The number of benzene rings is 2. The topological polar surface area (TPSA) is 68.0 Å². The van der Waals surface area contributed by atoms with Crippen LogP contribution in [-0.2, 0) is 5.41 Å². The Hall–Kier alpha value is -2.66. The molecule has 3 aromatic rings. The average molecular weight is 356 g/mol. The molecule has 0 atom stereocenters. The lowest BCUT2D eigenvalue weighted by molar-refractivity contribution is 0.102. The molecule has 0 aliphatic rings. The number of halogens is 1. The van der Waals surface area contributed by atoms with Crippen molar-refractivity contribution < 1.29 is 9.42 Å². The minimum atomic E-state index is -0.272. The van der Waals surface area contributed by atoms with Crippen LogP contribution in [0.25, 0.3) is 11.3 Å². The van der Waals surface area contributed by atoms with Gasteiger partial charge in [0, 0.05) is 16.1 Å². The summed E-state index contributed by atoms with van der Waals surface area (Å²) < 4.78 is 4.78. The van der Waals surface area contributed by atoms with Crippen molar-refractivity contribution in [1.29, 1.82) is 0 Å². The molecule has 0 aliphatic heterocycles. The van der Waals surface area contributed by atoms with Gasteiger partial charge in [-0.2, -0.15) is 0 Å². The van der Waals surface area contributed by atoms with Crippen LogP contribution >= 0.6 is 11.6 Å². The summed E-state index contributed by atoms with van der Waals surface area (Å²) in [7, 11) is 0. The zero-order valence-electron chi connectivity index (χ0n) is 14.2. The number of nitrogens with zero attached hydrogens (tertiary/aromatic N) is 2. The van der Waals surface area contributed by atoms with Gasteiger partial charge in [-0.1, -0.05) is 56.6 Å². The van der Waals surface area contributed by atoms with Crippen LogP contribution in [0.1, 0.15) is 36.7 Å². The zero-order chi connectivity index (χ0) is 18.0. The van der Waals surface area contributed by atoms with E-state index < -0.39 is 0 Å². The lowest BCUT2D eigenvalue weighted by Gasteiger charge is -2.18. The van der Waals surface area contributed by atoms with Crippen LogP contribution in [0.2, 0.25) is 5.02 Å². The normalized spacial score (nSPS) is 11.4. The van der Waals surface area contributed by atoms with Gasteiger partial charge in [0.15, 0.2) is 5.69 Å². The number of hydrogen-bond donors (Lipinski definition) is 1. The van der Waals surface area contributed by atoms with Crippen LogP contribution in [0.4, 0.5) is 5.82 Å². The van der Waals surface area contributed by atoms with Crippen LogP contribution in [0.15, 0.2) is 53.2 Å². The molecule has 6 heteroatoms. The Morgan fingerprint density at radius 2 is 1.64 bits per heavy atom. The second kappa shape index (κ2) is 6.69. The Morgan fingerprint density at radius 3 is 2.24 bits per heavy atom. The second-order valence-electron chi connectivity index (χ2n) is 6.75. The molecule has 0 saturated heterocycles. The third-order valence-corrected chi connectivity index (χ3v) is 4.10. The molecule has 0 saturated carbocycles. The van der Waals surface area contributed by atoms with Crippen molar-refractivity contribution in [2.24, 2.45) is 0 Å². The number of aromatic nitrogens is 2. The van der Waals surface area contributed by atoms with E-state index in [0.717, 1.165) is 11.1 Å². The number of rotatable bonds is 3. The van der Waals surface area contributed by atoms with E-state index in [1.807, 2.05) is 12.1 Å². The fourth-order valence-electron chi connectivity index (χ4n) is 2.37. The number of amides is 1. The van der Waals surface area contributed by atoms with Crippen molar-refractivity contribution in [3.8, 4) is 11.3 Å². The molecule has 1 amide bonds. The van der Waals surface area contributed by atoms with Crippen molar-refractivity contribution in [3.63, 3.8) is 0 Å². The lowest BCUT2D eigenvalue weighted by atomic mass is 9.87. The summed E-state index contributed by atoms with van der Waals surface area (Å²) in [4.78, 5) is 12.5. The third-order valence-electron chi connectivity index (χ3n) is 3.85. The Morgan fingerprint density at radius 1 is 1.00 bits per heavy atom. The minimum Gasteiger partial charge on any atom is -0.302 e. The van der Waals surface area contributed by atoms with Crippen LogP contribution in [-0.4, -0.2) is 16.2 Å². The summed E-state index contributed by atoms with van der Waals surface area (Å²) >= 11 is 5.89. The largest absolute Gasteiger partial charge is 0.302 e. The van der Waals surface area contributed by atoms with Crippen LogP contribution < -0.4 is 5.32 Å². The summed E-state index contributed by atoms with van der Waals surface area (Å²) in [6, 6.07) is 14.6. The molecule has 1 N–H and O–H groups in total. The van der Waals surface area contributed by atoms with Crippen molar-refractivity contribution in [1.82, 2.24) is 10.3 Å². The van der Waals surface area contributed by atoms with Gasteiger partial charge >= 0.3 is 0 Å². The fourth-order valence-corrected chi connectivity index (χ4v) is 2.50. The molecule has 1 aromatic heterocycles. The molecule has 0 bridgehead atoms. The smallest absolute Gasteiger partial charge is 0.256 e. The number of nitrogens with one attached hydrogen (secondary N) is 1. The highest BCUT2D eigenvalue weighted by Gasteiger charge is 2.17. The highest BCUT2D eigenvalue weighted by molar-refractivity contribution is 6.30. The van der Waals surface area contributed by atoms with E-state index in [1.54, 1.807) is 36.4 Å². The summed E-state index contributed by atoms with van der Waals surface area (Å²) in [5.74, 6) is -0.00130.